The Morgan fingerprint density at radius 2 is 1.08 bits per heavy atom. The standard InChI is InChI=1S/C6H12N2S4.Na.H/c1-7(2)5(9)11-12-6(10)8(3)4;;/h1-4H3;;. The van der Waals surface area contributed by atoms with E-state index in [9.17, 15) is 0 Å². The zero-order chi connectivity index (χ0) is 9.72. The molecule has 0 aromatic carbocycles. The summed E-state index contributed by atoms with van der Waals surface area (Å²) in [4.78, 5) is 3.79. The van der Waals surface area contributed by atoms with Crippen molar-refractivity contribution in [2.24, 2.45) is 0 Å². The molecular formula is C6H13N2NaS4. The fraction of sp³-hybridized carbons (Fsp3) is 0.667. The molecular weight excluding hydrogens is 251 g/mol. The van der Waals surface area contributed by atoms with Crippen LogP contribution in [0.3, 0.4) is 0 Å². The zero-order valence-corrected chi connectivity index (χ0v) is 10.8. The molecule has 0 spiro atoms. The summed E-state index contributed by atoms with van der Waals surface area (Å²) >= 11 is 10.1. The predicted molar refractivity (Wildman–Crippen MR) is 74.9 cm³/mol. The van der Waals surface area contributed by atoms with E-state index in [1.807, 2.05) is 38.0 Å². The van der Waals surface area contributed by atoms with E-state index < -0.39 is 0 Å². The van der Waals surface area contributed by atoms with Crippen LogP contribution in [0.2, 0.25) is 0 Å². The summed E-state index contributed by atoms with van der Waals surface area (Å²) in [5, 5.41) is 0. The average Bonchev–Trinajstić information content (AvgIpc) is 1.98. The van der Waals surface area contributed by atoms with Crippen molar-refractivity contribution in [1.29, 1.82) is 0 Å². The SMILES string of the molecule is CN(C)C(=S)SSC(=S)N(C)C.[NaH]. The normalized spacial score (nSPS) is 8.62. The number of rotatable bonds is 0. The second-order valence-electron chi connectivity index (χ2n) is 2.49. The monoisotopic (exact) mass is 264 g/mol. The van der Waals surface area contributed by atoms with Crippen molar-refractivity contribution in [3.05, 3.63) is 0 Å². The van der Waals surface area contributed by atoms with Gasteiger partial charge in [-0.3, -0.25) is 0 Å². The molecule has 0 aromatic heterocycles. The minimum atomic E-state index is 0. The summed E-state index contributed by atoms with van der Waals surface area (Å²) < 4.78 is 1.67. The molecule has 7 heteroatoms. The van der Waals surface area contributed by atoms with Crippen LogP contribution in [0.15, 0.2) is 0 Å². The third-order valence-corrected chi connectivity index (χ3v) is 5.07. The molecule has 0 fully saturated rings. The number of hydrogen-bond acceptors (Lipinski definition) is 4. The van der Waals surface area contributed by atoms with Gasteiger partial charge in [-0.25, -0.2) is 0 Å². The fourth-order valence-corrected chi connectivity index (χ4v) is 2.60. The third kappa shape index (κ3) is 8.47. The van der Waals surface area contributed by atoms with Gasteiger partial charge in [0.2, 0.25) is 0 Å². The fourth-order valence-electron chi connectivity index (χ4n) is 0.220. The topological polar surface area (TPSA) is 6.48 Å². The van der Waals surface area contributed by atoms with Crippen molar-refractivity contribution in [3.8, 4) is 0 Å². The number of hydrogen-bond donors (Lipinski definition) is 0. The summed E-state index contributed by atoms with van der Waals surface area (Å²) in [7, 11) is 10.7. The first-order valence-electron chi connectivity index (χ1n) is 3.22. The molecule has 0 aliphatic carbocycles. The van der Waals surface area contributed by atoms with Gasteiger partial charge >= 0.3 is 29.6 Å². The van der Waals surface area contributed by atoms with Crippen molar-refractivity contribution in [2.45, 2.75) is 0 Å². The van der Waals surface area contributed by atoms with Crippen LogP contribution in [0.5, 0.6) is 0 Å². The minimum absolute atomic E-state index is 0. The maximum absolute atomic E-state index is 5.07. The number of nitrogens with zero attached hydrogens (tertiary/aromatic N) is 2. The first-order valence-corrected chi connectivity index (χ1v) is 6.19. The molecule has 2 nitrogen and oxygen atoms in total. The summed E-state index contributed by atoms with van der Waals surface area (Å²) in [5.74, 6) is 0. The van der Waals surface area contributed by atoms with E-state index in [2.05, 4.69) is 0 Å². The Labute approximate surface area is 121 Å². The van der Waals surface area contributed by atoms with E-state index >= 15 is 0 Å². The van der Waals surface area contributed by atoms with Gasteiger partial charge in [0, 0.05) is 28.2 Å². The van der Waals surface area contributed by atoms with Crippen LogP contribution in [-0.2, 0) is 0 Å². The summed E-state index contributed by atoms with van der Waals surface area (Å²) in [5.41, 5.74) is 0. The summed E-state index contributed by atoms with van der Waals surface area (Å²) in [6.45, 7) is 0. The molecule has 0 radical (unpaired) electrons. The van der Waals surface area contributed by atoms with Crippen molar-refractivity contribution in [2.75, 3.05) is 28.2 Å². The van der Waals surface area contributed by atoms with Gasteiger partial charge in [0.15, 0.2) is 0 Å². The zero-order valence-electron chi connectivity index (χ0n) is 7.53. The molecule has 0 aliphatic rings. The van der Waals surface area contributed by atoms with Gasteiger partial charge in [0.05, 0.1) is 0 Å². The van der Waals surface area contributed by atoms with E-state index in [0.29, 0.717) is 0 Å². The van der Waals surface area contributed by atoms with Crippen LogP contribution in [0.1, 0.15) is 0 Å². The van der Waals surface area contributed by atoms with Gasteiger partial charge in [-0.1, -0.05) is 24.4 Å². The van der Waals surface area contributed by atoms with Gasteiger partial charge in [-0.2, -0.15) is 0 Å². The first-order chi connectivity index (χ1) is 5.45. The van der Waals surface area contributed by atoms with Crippen molar-refractivity contribution in [3.63, 3.8) is 0 Å². The summed E-state index contributed by atoms with van der Waals surface area (Å²) in [6.07, 6.45) is 0. The first kappa shape index (κ1) is 16.9. The van der Waals surface area contributed by atoms with Crippen LogP contribution in [-0.4, -0.2) is 76.2 Å². The van der Waals surface area contributed by atoms with Gasteiger partial charge in [-0.15, -0.1) is 0 Å². The van der Waals surface area contributed by atoms with Crippen LogP contribution in [0, 0.1) is 0 Å². The van der Waals surface area contributed by atoms with Crippen LogP contribution in [0.4, 0.5) is 0 Å². The quantitative estimate of drug-likeness (QED) is 0.368. The molecule has 0 N–H and O–H groups in total. The van der Waals surface area contributed by atoms with Crippen molar-refractivity contribution < 1.29 is 0 Å². The average molecular weight is 264 g/mol. The molecule has 0 bridgehead atoms. The molecule has 0 saturated heterocycles. The van der Waals surface area contributed by atoms with Gasteiger partial charge in [0.1, 0.15) is 8.64 Å². The van der Waals surface area contributed by atoms with E-state index in [1.54, 1.807) is 0 Å². The van der Waals surface area contributed by atoms with Crippen molar-refractivity contribution >= 4 is 84.2 Å². The Kier molecular flexibility index (Phi) is 11.4. The Hall–Kier alpha value is 1.48. The summed E-state index contributed by atoms with van der Waals surface area (Å²) in [6, 6.07) is 0. The van der Waals surface area contributed by atoms with Gasteiger partial charge in [-0.05, 0) is 21.6 Å². The molecule has 0 aliphatic heterocycles. The molecule has 0 atom stereocenters. The predicted octanol–water partition coefficient (Wildman–Crippen LogP) is 1.41. The molecule has 72 valence electrons. The Morgan fingerprint density at radius 3 is 1.23 bits per heavy atom. The van der Waals surface area contributed by atoms with E-state index in [0.717, 1.165) is 8.64 Å². The Balaban J connectivity index is 0. The van der Waals surface area contributed by atoms with Gasteiger partial charge in [0.25, 0.3) is 0 Å². The van der Waals surface area contributed by atoms with E-state index in [1.165, 1.54) is 21.6 Å². The third-order valence-electron chi connectivity index (χ3n) is 0.915. The molecule has 0 amide bonds. The Morgan fingerprint density at radius 1 is 0.846 bits per heavy atom. The van der Waals surface area contributed by atoms with E-state index in [4.69, 9.17) is 24.4 Å². The second kappa shape index (κ2) is 8.76. The van der Waals surface area contributed by atoms with Crippen molar-refractivity contribution in [1.82, 2.24) is 9.80 Å². The molecule has 0 rings (SSSR count). The molecule has 0 unspecified atom stereocenters. The van der Waals surface area contributed by atoms with Gasteiger partial charge < -0.3 is 9.80 Å². The Bertz CT molecular complexity index is 163. The van der Waals surface area contributed by atoms with Crippen LogP contribution >= 0.6 is 46.0 Å². The molecule has 13 heavy (non-hydrogen) atoms. The molecule has 0 heterocycles. The van der Waals surface area contributed by atoms with E-state index in [-0.39, 0.29) is 29.6 Å². The second-order valence-corrected chi connectivity index (χ2v) is 5.88. The molecule has 0 saturated carbocycles. The maximum atomic E-state index is 5.07. The van der Waals surface area contributed by atoms with Crippen LogP contribution in [0.25, 0.3) is 0 Å². The number of thiocarbonyl (C=S) groups is 2. The van der Waals surface area contributed by atoms with Crippen LogP contribution < -0.4 is 0 Å². The molecule has 0 aromatic rings.